The topological polar surface area (TPSA) is 57.6 Å². The van der Waals surface area contributed by atoms with Gasteiger partial charge in [0.1, 0.15) is 0 Å². The molecule has 3 unspecified atom stereocenters. The molecule has 0 aromatic heterocycles. The van der Waals surface area contributed by atoms with Crippen molar-refractivity contribution < 1.29 is 14.7 Å². The Hall–Kier alpha value is -1.32. The largest absolute Gasteiger partial charge is 0.481 e. The second kappa shape index (κ2) is 5.55. The molecule has 1 fully saturated rings. The fourth-order valence-electron chi connectivity index (χ4n) is 2.97. The molecule has 0 radical (unpaired) electrons. The number of carbonyl (C=O) groups is 2. The van der Waals surface area contributed by atoms with E-state index in [1.54, 1.807) is 0 Å². The Bertz CT molecular complexity index is 364. The quantitative estimate of drug-likeness (QED) is 0.781. The van der Waals surface area contributed by atoms with Gasteiger partial charge in [-0.1, -0.05) is 12.2 Å². The zero-order chi connectivity index (χ0) is 13.1. The molecule has 1 saturated heterocycles. The standard InChI is InChI=1S/C14H21NO3/c1-10-8-12(14(17)18)6-7-15(10)13(16)9-11-4-2-3-5-11/h2,4,10-12H,3,5-9H2,1H3,(H,17,18). The van der Waals surface area contributed by atoms with Gasteiger partial charge in [0.15, 0.2) is 0 Å². The van der Waals surface area contributed by atoms with Gasteiger partial charge in [-0.2, -0.15) is 0 Å². The maximum absolute atomic E-state index is 12.2. The minimum Gasteiger partial charge on any atom is -0.481 e. The van der Waals surface area contributed by atoms with Gasteiger partial charge in [0.25, 0.3) is 0 Å². The Balaban J connectivity index is 1.87. The maximum atomic E-state index is 12.2. The number of carboxylic acids is 1. The van der Waals surface area contributed by atoms with Crippen LogP contribution in [0.25, 0.3) is 0 Å². The SMILES string of the molecule is CC1CC(C(=O)O)CCN1C(=O)CC1C=CCC1. The van der Waals surface area contributed by atoms with Crippen LogP contribution in [0.2, 0.25) is 0 Å². The lowest BCUT2D eigenvalue weighted by Gasteiger charge is -2.36. The van der Waals surface area contributed by atoms with Crippen molar-refractivity contribution in [3.05, 3.63) is 12.2 Å². The fraction of sp³-hybridized carbons (Fsp3) is 0.714. The number of nitrogens with zero attached hydrogens (tertiary/aromatic N) is 1. The molecule has 2 aliphatic rings. The van der Waals surface area contributed by atoms with Gasteiger partial charge in [-0.05, 0) is 38.5 Å². The van der Waals surface area contributed by atoms with Gasteiger partial charge in [0.05, 0.1) is 5.92 Å². The summed E-state index contributed by atoms with van der Waals surface area (Å²) in [6.45, 7) is 2.55. The van der Waals surface area contributed by atoms with Crippen LogP contribution in [0, 0.1) is 11.8 Å². The van der Waals surface area contributed by atoms with Crippen LogP contribution in [0.4, 0.5) is 0 Å². The number of aliphatic carboxylic acids is 1. The van der Waals surface area contributed by atoms with Crippen LogP contribution < -0.4 is 0 Å². The van der Waals surface area contributed by atoms with Crippen molar-refractivity contribution in [3.63, 3.8) is 0 Å². The van der Waals surface area contributed by atoms with Gasteiger partial charge in [0.2, 0.25) is 5.91 Å². The Morgan fingerprint density at radius 1 is 1.39 bits per heavy atom. The van der Waals surface area contributed by atoms with Crippen molar-refractivity contribution in [1.82, 2.24) is 4.90 Å². The first-order valence-electron chi connectivity index (χ1n) is 6.77. The molecule has 2 rings (SSSR count). The molecule has 0 aromatic carbocycles. The number of amides is 1. The van der Waals surface area contributed by atoms with E-state index in [1.165, 1.54) is 0 Å². The molecule has 4 nitrogen and oxygen atoms in total. The number of rotatable bonds is 3. The Morgan fingerprint density at radius 2 is 2.17 bits per heavy atom. The zero-order valence-electron chi connectivity index (χ0n) is 10.8. The summed E-state index contributed by atoms with van der Waals surface area (Å²) < 4.78 is 0. The van der Waals surface area contributed by atoms with Gasteiger partial charge < -0.3 is 10.0 Å². The molecule has 1 aliphatic heterocycles. The summed E-state index contributed by atoms with van der Waals surface area (Å²) >= 11 is 0. The van der Waals surface area contributed by atoms with Crippen LogP contribution >= 0.6 is 0 Å². The van der Waals surface area contributed by atoms with E-state index in [2.05, 4.69) is 12.2 Å². The first-order valence-corrected chi connectivity index (χ1v) is 6.77. The lowest BCUT2D eigenvalue weighted by atomic mass is 9.91. The second-order valence-electron chi connectivity index (χ2n) is 5.47. The molecular formula is C14H21NO3. The number of likely N-dealkylation sites (tertiary alicyclic amines) is 1. The molecule has 1 heterocycles. The Labute approximate surface area is 108 Å². The average Bonchev–Trinajstić information content (AvgIpc) is 2.81. The summed E-state index contributed by atoms with van der Waals surface area (Å²) in [7, 11) is 0. The molecule has 0 spiro atoms. The molecule has 4 heteroatoms. The highest BCUT2D eigenvalue weighted by molar-refractivity contribution is 5.78. The monoisotopic (exact) mass is 251 g/mol. The van der Waals surface area contributed by atoms with Gasteiger partial charge in [-0.3, -0.25) is 9.59 Å². The third-order valence-corrected chi connectivity index (χ3v) is 4.09. The zero-order valence-corrected chi connectivity index (χ0v) is 10.8. The van der Waals surface area contributed by atoms with Crippen molar-refractivity contribution in [3.8, 4) is 0 Å². The summed E-state index contributed by atoms with van der Waals surface area (Å²) in [4.78, 5) is 25.0. The molecule has 0 aromatic rings. The Kier molecular flexibility index (Phi) is 4.04. The normalized spacial score (nSPS) is 31.6. The lowest BCUT2D eigenvalue weighted by molar-refractivity contribution is -0.147. The number of carboxylic acid groups (broad SMARTS) is 1. The van der Waals surface area contributed by atoms with Crippen molar-refractivity contribution >= 4 is 11.9 Å². The van der Waals surface area contributed by atoms with Gasteiger partial charge in [-0.15, -0.1) is 0 Å². The van der Waals surface area contributed by atoms with Crippen LogP contribution in [-0.2, 0) is 9.59 Å². The predicted molar refractivity (Wildman–Crippen MR) is 68.0 cm³/mol. The second-order valence-corrected chi connectivity index (χ2v) is 5.47. The molecule has 0 saturated carbocycles. The molecule has 1 aliphatic carbocycles. The third-order valence-electron chi connectivity index (χ3n) is 4.09. The van der Waals surface area contributed by atoms with Crippen LogP contribution in [-0.4, -0.2) is 34.5 Å². The third kappa shape index (κ3) is 2.92. The molecule has 18 heavy (non-hydrogen) atoms. The summed E-state index contributed by atoms with van der Waals surface area (Å²) in [6, 6.07) is 0.0535. The fourth-order valence-corrected chi connectivity index (χ4v) is 2.97. The predicted octanol–water partition coefficient (Wildman–Crippen LogP) is 2.05. The van der Waals surface area contributed by atoms with E-state index in [4.69, 9.17) is 5.11 Å². The molecule has 1 N–H and O–H groups in total. The average molecular weight is 251 g/mol. The number of carbonyl (C=O) groups excluding carboxylic acids is 1. The number of allylic oxidation sites excluding steroid dienone is 2. The van der Waals surface area contributed by atoms with Gasteiger partial charge in [-0.25, -0.2) is 0 Å². The highest BCUT2D eigenvalue weighted by Crippen LogP contribution is 2.26. The van der Waals surface area contributed by atoms with E-state index in [1.807, 2.05) is 11.8 Å². The highest BCUT2D eigenvalue weighted by atomic mass is 16.4. The Morgan fingerprint density at radius 3 is 2.72 bits per heavy atom. The van der Waals surface area contributed by atoms with Gasteiger partial charge >= 0.3 is 5.97 Å². The minimum atomic E-state index is -0.729. The number of hydrogen-bond donors (Lipinski definition) is 1. The highest BCUT2D eigenvalue weighted by Gasteiger charge is 2.32. The molecule has 1 amide bonds. The molecule has 100 valence electrons. The van der Waals surface area contributed by atoms with Gasteiger partial charge in [0, 0.05) is 19.0 Å². The van der Waals surface area contributed by atoms with E-state index >= 15 is 0 Å². The smallest absolute Gasteiger partial charge is 0.306 e. The summed E-state index contributed by atoms with van der Waals surface area (Å²) in [6.07, 6.45) is 8.18. The molecular weight excluding hydrogens is 230 g/mol. The molecule has 0 bridgehead atoms. The van der Waals surface area contributed by atoms with E-state index in [-0.39, 0.29) is 17.9 Å². The first kappa shape index (κ1) is 13.1. The van der Waals surface area contributed by atoms with Crippen LogP contribution in [0.3, 0.4) is 0 Å². The lowest BCUT2D eigenvalue weighted by Crippen LogP contribution is -2.46. The number of piperidine rings is 1. The summed E-state index contributed by atoms with van der Waals surface area (Å²) in [5, 5.41) is 9.00. The van der Waals surface area contributed by atoms with Crippen molar-refractivity contribution in [1.29, 1.82) is 0 Å². The van der Waals surface area contributed by atoms with Crippen molar-refractivity contribution in [2.45, 2.75) is 45.1 Å². The summed E-state index contributed by atoms with van der Waals surface area (Å²) in [5.41, 5.74) is 0. The van der Waals surface area contributed by atoms with E-state index in [0.29, 0.717) is 31.7 Å². The maximum Gasteiger partial charge on any atom is 0.306 e. The minimum absolute atomic E-state index is 0.0535. The van der Waals surface area contributed by atoms with E-state index in [0.717, 1.165) is 12.8 Å². The van der Waals surface area contributed by atoms with Crippen molar-refractivity contribution in [2.75, 3.05) is 6.54 Å². The van der Waals surface area contributed by atoms with Crippen LogP contribution in [0.1, 0.15) is 39.0 Å². The first-order chi connectivity index (χ1) is 8.58. The van der Waals surface area contributed by atoms with Crippen molar-refractivity contribution in [2.24, 2.45) is 11.8 Å². The summed E-state index contributed by atoms with van der Waals surface area (Å²) in [5.74, 6) is -0.437. The number of hydrogen-bond acceptors (Lipinski definition) is 2. The van der Waals surface area contributed by atoms with E-state index in [9.17, 15) is 9.59 Å². The van der Waals surface area contributed by atoms with Crippen LogP contribution in [0.15, 0.2) is 12.2 Å². The van der Waals surface area contributed by atoms with Crippen LogP contribution in [0.5, 0.6) is 0 Å². The van der Waals surface area contributed by atoms with E-state index < -0.39 is 5.97 Å². The molecule has 3 atom stereocenters.